The Balaban J connectivity index is 1.68. The molecule has 0 aliphatic carbocycles. The van der Waals surface area contributed by atoms with Crippen molar-refractivity contribution in [2.45, 2.75) is 17.9 Å². The molecular formula is C16H18BrNOS. The summed E-state index contributed by atoms with van der Waals surface area (Å²) >= 11 is 5.33. The maximum atomic E-state index is 5.73. The highest BCUT2D eigenvalue weighted by atomic mass is 79.9. The summed E-state index contributed by atoms with van der Waals surface area (Å²) in [6.07, 6.45) is 1.02. The molecule has 2 N–H and O–H groups in total. The molecule has 2 nitrogen and oxygen atoms in total. The van der Waals surface area contributed by atoms with Crippen LogP contribution < -0.4 is 10.5 Å². The normalized spacial score (nSPS) is 10.5. The van der Waals surface area contributed by atoms with E-state index in [0.29, 0.717) is 6.54 Å². The zero-order valence-corrected chi connectivity index (χ0v) is 13.6. The van der Waals surface area contributed by atoms with Crippen molar-refractivity contribution in [1.82, 2.24) is 0 Å². The molecule has 106 valence electrons. The van der Waals surface area contributed by atoms with Gasteiger partial charge < -0.3 is 10.5 Å². The monoisotopic (exact) mass is 351 g/mol. The molecule has 0 radical (unpaired) electrons. The molecule has 0 spiro atoms. The molecule has 0 atom stereocenters. The molecule has 2 aromatic rings. The number of benzene rings is 2. The zero-order valence-electron chi connectivity index (χ0n) is 11.2. The minimum Gasteiger partial charge on any atom is -0.494 e. The van der Waals surface area contributed by atoms with Gasteiger partial charge in [-0.2, -0.15) is 0 Å². The van der Waals surface area contributed by atoms with Gasteiger partial charge in [-0.25, -0.2) is 0 Å². The quantitative estimate of drug-likeness (QED) is 0.590. The van der Waals surface area contributed by atoms with Crippen molar-refractivity contribution >= 4 is 27.7 Å². The molecule has 0 heterocycles. The highest BCUT2D eigenvalue weighted by molar-refractivity contribution is 9.10. The first-order valence-electron chi connectivity index (χ1n) is 6.58. The van der Waals surface area contributed by atoms with Crippen LogP contribution in [0.2, 0.25) is 0 Å². The zero-order chi connectivity index (χ0) is 14.2. The second-order valence-corrected chi connectivity index (χ2v) is 6.44. The first-order chi connectivity index (χ1) is 9.78. The van der Waals surface area contributed by atoms with Crippen molar-refractivity contribution in [3.8, 4) is 5.75 Å². The van der Waals surface area contributed by atoms with E-state index in [9.17, 15) is 0 Å². The van der Waals surface area contributed by atoms with Gasteiger partial charge in [-0.1, -0.05) is 34.1 Å². The van der Waals surface area contributed by atoms with Gasteiger partial charge in [0.2, 0.25) is 0 Å². The van der Waals surface area contributed by atoms with Crippen LogP contribution in [0.5, 0.6) is 5.75 Å². The van der Waals surface area contributed by atoms with Gasteiger partial charge >= 0.3 is 0 Å². The first kappa shape index (κ1) is 15.4. The largest absolute Gasteiger partial charge is 0.494 e. The molecule has 0 saturated carbocycles. The molecule has 0 unspecified atom stereocenters. The summed E-state index contributed by atoms with van der Waals surface area (Å²) in [4.78, 5) is 1.28. The van der Waals surface area contributed by atoms with Crippen molar-refractivity contribution in [1.29, 1.82) is 0 Å². The SMILES string of the molecule is NCc1cccc(OCCCSc2cccc(Br)c2)c1. The fraction of sp³-hybridized carbons (Fsp3) is 0.250. The standard InChI is InChI=1S/C16H18BrNOS/c17-14-5-2-7-16(11-14)20-9-3-8-19-15-6-1-4-13(10-15)12-18/h1-2,4-7,10-11H,3,8-9,12,18H2. The average molecular weight is 352 g/mol. The summed E-state index contributed by atoms with van der Waals surface area (Å²) in [5.74, 6) is 1.95. The van der Waals surface area contributed by atoms with Gasteiger partial charge in [0.25, 0.3) is 0 Å². The third-order valence-electron chi connectivity index (χ3n) is 2.76. The van der Waals surface area contributed by atoms with Crippen LogP contribution in [0.4, 0.5) is 0 Å². The van der Waals surface area contributed by atoms with Gasteiger partial charge in [-0.3, -0.25) is 0 Å². The van der Waals surface area contributed by atoms with Crippen LogP contribution in [0.25, 0.3) is 0 Å². The van der Waals surface area contributed by atoms with Crippen molar-refractivity contribution < 1.29 is 4.74 Å². The summed E-state index contributed by atoms with van der Waals surface area (Å²) in [7, 11) is 0. The van der Waals surface area contributed by atoms with Gasteiger partial charge in [-0.15, -0.1) is 11.8 Å². The Morgan fingerprint density at radius 3 is 2.75 bits per heavy atom. The van der Waals surface area contributed by atoms with Crippen molar-refractivity contribution in [2.75, 3.05) is 12.4 Å². The van der Waals surface area contributed by atoms with E-state index in [4.69, 9.17) is 10.5 Å². The Morgan fingerprint density at radius 2 is 1.95 bits per heavy atom. The Morgan fingerprint density at radius 1 is 1.10 bits per heavy atom. The fourth-order valence-corrected chi connectivity index (χ4v) is 3.19. The van der Waals surface area contributed by atoms with E-state index >= 15 is 0 Å². The minimum atomic E-state index is 0.552. The molecule has 20 heavy (non-hydrogen) atoms. The number of halogens is 1. The molecule has 0 aromatic heterocycles. The Bertz CT molecular complexity index is 548. The molecule has 0 bridgehead atoms. The molecule has 0 aliphatic rings. The molecule has 2 rings (SSSR count). The molecule has 0 fully saturated rings. The molecule has 2 aromatic carbocycles. The van der Waals surface area contributed by atoms with E-state index in [1.807, 2.05) is 42.1 Å². The van der Waals surface area contributed by atoms with Crippen molar-refractivity contribution in [3.63, 3.8) is 0 Å². The van der Waals surface area contributed by atoms with Crippen LogP contribution in [0.15, 0.2) is 57.9 Å². The summed E-state index contributed by atoms with van der Waals surface area (Å²) in [5, 5.41) is 0. The number of ether oxygens (including phenoxy) is 1. The van der Waals surface area contributed by atoms with E-state index in [2.05, 4.69) is 34.1 Å². The number of thioether (sulfide) groups is 1. The molecular weight excluding hydrogens is 334 g/mol. The summed E-state index contributed by atoms with van der Waals surface area (Å²) in [6, 6.07) is 16.3. The van der Waals surface area contributed by atoms with Gasteiger partial charge in [0.1, 0.15) is 5.75 Å². The predicted octanol–water partition coefficient (Wildman–Crippen LogP) is 4.47. The lowest BCUT2D eigenvalue weighted by atomic mass is 10.2. The third-order valence-corrected chi connectivity index (χ3v) is 4.33. The van der Waals surface area contributed by atoms with Crippen LogP contribution in [-0.4, -0.2) is 12.4 Å². The highest BCUT2D eigenvalue weighted by Crippen LogP contribution is 2.22. The molecule has 4 heteroatoms. The van der Waals surface area contributed by atoms with Crippen LogP contribution in [0, 0.1) is 0 Å². The third kappa shape index (κ3) is 5.19. The first-order valence-corrected chi connectivity index (χ1v) is 8.36. The minimum absolute atomic E-state index is 0.552. The lowest BCUT2D eigenvalue weighted by Gasteiger charge is -2.07. The number of rotatable bonds is 7. The molecule has 0 saturated heterocycles. The summed E-state index contributed by atoms with van der Waals surface area (Å²) in [5.41, 5.74) is 6.71. The Labute approximate surface area is 132 Å². The molecule has 0 amide bonds. The Hall–Kier alpha value is -0.970. The Kier molecular flexibility index (Phi) is 6.43. The van der Waals surface area contributed by atoms with E-state index in [1.54, 1.807) is 0 Å². The van der Waals surface area contributed by atoms with Crippen LogP contribution >= 0.6 is 27.7 Å². The second-order valence-electron chi connectivity index (χ2n) is 4.36. The van der Waals surface area contributed by atoms with Crippen LogP contribution in [-0.2, 0) is 6.54 Å². The summed E-state index contributed by atoms with van der Waals surface area (Å²) < 4.78 is 6.85. The number of nitrogens with two attached hydrogens (primary N) is 1. The van der Waals surface area contributed by atoms with Crippen molar-refractivity contribution in [2.24, 2.45) is 5.73 Å². The summed E-state index contributed by atoms with van der Waals surface area (Å²) in [6.45, 7) is 1.28. The fourth-order valence-electron chi connectivity index (χ4n) is 1.76. The lowest BCUT2D eigenvalue weighted by molar-refractivity contribution is 0.318. The van der Waals surface area contributed by atoms with E-state index in [0.717, 1.165) is 34.6 Å². The number of hydrogen-bond donors (Lipinski definition) is 1. The highest BCUT2D eigenvalue weighted by Gasteiger charge is 1.98. The predicted molar refractivity (Wildman–Crippen MR) is 89.3 cm³/mol. The van der Waals surface area contributed by atoms with Gasteiger partial charge in [0.05, 0.1) is 6.61 Å². The van der Waals surface area contributed by atoms with Gasteiger partial charge in [0, 0.05) is 21.7 Å². The number of hydrogen-bond acceptors (Lipinski definition) is 3. The van der Waals surface area contributed by atoms with Crippen molar-refractivity contribution in [3.05, 3.63) is 58.6 Å². The average Bonchev–Trinajstić information content (AvgIpc) is 2.47. The van der Waals surface area contributed by atoms with Crippen LogP contribution in [0.1, 0.15) is 12.0 Å². The maximum Gasteiger partial charge on any atom is 0.119 e. The lowest BCUT2D eigenvalue weighted by Crippen LogP contribution is -2.00. The van der Waals surface area contributed by atoms with E-state index < -0.39 is 0 Å². The topological polar surface area (TPSA) is 35.2 Å². The van der Waals surface area contributed by atoms with Gasteiger partial charge in [-0.05, 0) is 42.3 Å². The second kappa shape index (κ2) is 8.35. The van der Waals surface area contributed by atoms with E-state index in [-0.39, 0.29) is 0 Å². The smallest absolute Gasteiger partial charge is 0.119 e. The van der Waals surface area contributed by atoms with E-state index in [1.165, 1.54) is 4.90 Å². The van der Waals surface area contributed by atoms with Crippen LogP contribution in [0.3, 0.4) is 0 Å². The molecule has 0 aliphatic heterocycles. The van der Waals surface area contributed by atoms with Gasteiger partial charge in [0.15, 0.2) is 0 Å². The maximum absolute atomic E-state index is 5.73.